The summed E-state index contributed by atoms with van der Waals surface area (Å²) in [4.78, 5) is 29.9. The number of carbonyl (C=O) groups is 2. The predicted molar refractivity (Wildman–Crippen MR) is 113 cm³/mol. The molecule has 3 aromatic rings. The van der Waals surface area contributed by atoms with E-state index >= 15 is 0 Å². The van der Waals surface area contributed by atoms with Gasteiger partial charge in [0.15, 0.2) is 0 Å². The number of pyridine rings is 1. The number of nitrogens with one attached hydrogen (secondary N) is 1. The van der Waals surface area contributed by atoms with Gasteiger partial charge >= 0.3 is 0 Å². The quantitative estimate of drug-likeness (QED) is 0.609. The molecule has 3 rings (SSSR count). The van der Waals surface area contributed by atoms with E-state index in [0.717, 1.165) is 17.7 Å². The monoisotopic (exact) mass is 424 g/mol. The summed E-state index contributed by atoms with van der Waals surface area (Å²) in [6, 6.07) is 13.0. The number of nitrogens with two attached hydrogens (primary N) is 1. The topological polar surface area (TPSA) is 88.3 Å². The van der Waals surface area contributed by atoms with Crippen molar-refractivity contribution in [1.82, 2.24) is 9.88 Å². The third-order valence-electron chi connectivity index (χ3n) is 4.83. The normalized spacial score (nSPS) is 11.6. The molecule has 0 radical (unpaired) electrons. The van der Waals surface area contributed by atoms with Crippen LogP contribution in [0.1, 0.15) is 27.5 Å². The minimum atomic E-state index is -0.758. The van der Waals surface area contributed by atoms with Crippen molar-refractivity contribution in [2.24, 2.45) is 5.73 Å². The second kappa shape index (κ2) is 9.90. The molecule has 8 heteroatoms. The van der Waals surface area contributed by atoms with Gasteiger partial charge in [0.2, 0.25) is 5.91 Å². The van der Waals surface area contributed by atoms with Gasteiger partial charge in [0.1, 0.15) is 11.6 Å². The fourth-order valence-corrected chi connectivity index (χ4v) is 3.01. The smallest absolute Gasteiger partial charge is 0.255 e. The van der Waals surface area contributed by atoms with Crippen LogP contribution >= 0.6 is 0 Å². The number of carbonyl (C=O) groups excluding carboxylic acids is 2. The van der Waals surface area contributed by atoms with Gasteiger partial charge in [-0.3, -0.25) is 14.6 Å². The zero-order chi connectivity index (χ0) is 22.4. The Morgan fingerprint density at radius 2 is 1.65 bits per heavy atom. The molecule has 0 saturated heterocycles. The molecule has 0 aliphatic rings. The van der Waals surface area contributed by atoms with Gasteiger partial charge in [0, 0.05) is 48.8 Å². The van der Waals surface area contributed by atoms with Gasteiger partial charge in [0.25, 0.3) is 5.91 Å². The Morgan fingerprint density at radius 1 is 1.03 bits per heavy atom. The summed E-state index contributed by atoms with van der Waals surface area (Å²) in [5, 5.41) is 2.76. The number of aromatic nitrogens is 1. The molecule has 31 heavy (non-hydrogen) atoms. The number of amides is 2. The lowest BCUT2D eigenvalue weighted by Crippen LogP contribution is -2.35. The molecule has 0 aliphatic carbocycles. The van der Waals surface area contributed by atoms with Gasteiger partial charge < -0.3 is 16.0 Å². The molecule has 1 aromatic heterocycles. The molecule has 0 saturated carbocycles. The van der Waals surface area contributed by atoms with Crippen LogP contribution in [0.25, 0.3) is 0 Å². The SMILES string of the molecule is CN(CC(N)c1ccc(C(=O)Nc2ccncc2)cc1)C(=O)Cc1c(F)cccc1F. The van der Waals surface area contributed by atoms with Gasteiger partial charge in [0.05, 0.1) is 6.42 Å². The Kier molecular flexibility index (Phi) is 7.04. The largest absolute Gasteiger partial charge is 0.344 e. The summed E-state index contributed by atoms with van der Waals surface area (Å²) in [6.07, 6.45) is 2.77. The van der Waals surface area contributed by atoms with E-state index in [4.69, 9.17) is 5.73 Å². The van der Waals surface area contributed by atoms with E-state index in [1.165, 1.54) is 18.0 Å². The zero-order valence-electron chi connectivity index (χ0n) is 16.9. The van der Waals surface area contributed by atoms with Crippen LogP contribution in [0, 0.1) is 11.6 Å². The third kappa shape index (κ3) is 5.70. The molecule has 0 bridgehead atoms. The Morgan fingerprint density at radius 3 is 2.26 bits per heavy atom. The maximum absolute atomic E-state index is 13.8. The van der Waals surface area contributed by atoms with E-state index in [1.807, 2.05) is 0 Å². The highest BCUT2D eigenvalue weighted by molar-refractivity contribution is 6.04. The molecule has 1 unspecified atom stereocenters. The molecule has 2 amide bonds. The van der Waals surface area contributed by atoms with Gasteiger partial charge in [-0.25, -0.2) is 8.78 Å². The Labute approximate surface area is 178 Å². The van der Waals surface area contributed by atoms with E-state index in [0.29, 0.717) is 11.3 Å². The number of hydrogen-bond donors (Lipinski definition) is 2. The minimum Gasteiger partial charge on any atom is -0.344 e. The molecule has 3 N–H and O–H groups in total. The Bertz CT molecular complexity index is 1040. The van der Waals surface area contributed by atoms with Crippen molar-refractivity contribution in [3.8, 4) is 0 Å². The van der Waals surface area contributed by atoms with E-state index in [1.54, 1.807) is 48.8 Å². The molecular weight excluding hydrogens is 402 g/mol. The average molecular weight is 424 g/mol. The summed E-state index contributed by atoms with van der Waals surface area (Å²) < 4.78 is 27.5. The number of nitrogens with zero attached hydrogens (tertiary/aromatic N) is 2. The number of rotatable bonds is 7. The van der Waals surface area contributed by atoms with Crippen molar-refractivity contribution in [2.45, 2.75) is 12.5 Å². The van der Waals surface area contributed by atoms with Crippen LogP contribution in [0.4, 0.5) is 14.5 Å². The number of anilines is 1. The first kappa shape index (κ1) is 22.0. The van der Waals surface area contributed by atoms with Crippen molar-refractivity contribution in [2.75, 3.05) is 18.9 Å². The first-order valence-corrected chi connectivity index (χ1v) is 9.59. The number of benzene rings is 2. The third-order valence-corrected chi connectivity index (χ3v) is 4.83. The molecule has 160 valence electrons. The predicted octanol–water partition coefficient (Wildman–Crippen LogP) is 3.31. The van der Waals surface area contributed by atoms with Crippen LogP contribution in [0.3, 0.4) is 0 Å². The van der Waals surface area contributed by atoms with Gasteiger partial charge in [-0.15, -0.1) is 0 Å². The molecule has 0 spiro atoms. The Hall–Kier alpha value is -3.65. The van der Waals surface area contributed by atoms with Gasteiger partial charge in [-0.1, -0.05) is 18.2 Å². The fourth-order valence-electron chi connectivity index (χ4n) is 3.01. The molecule has 1 heterocycles. The van der Waals surface area contributed by atoms with Crippen LogP contribution in [-0.4, -0.2) is 35.3 Å². The highest BCUT2D eigenvalue weighted by atomic mass is 19.1. The molecule has 6 nitrogen and oxygen atoms in total. The van der Waals surface area contributed by atoms with Gasteiger partial charge in [-0.05, 0) is 42.0 Å². The van der Waals surface area contributed by atoms with Crippen LogP contribution in [0.2, 0.25) is 0 Å². The Balaban J connectivity index is 1.59. The van der Waals surface area contributed by atoms with Crippen molar-refractivity contribution in [3.63, 3.8) is 0 Å². The first-order valence-electron chi connectivity index (χ1n) is 9.59. The number of likely N-dealkylation sites (N-methyl/N-ethyl adjacent to an activating group) is 1. The van der Waals surface area contributed by atoms with E-state index in [2.05, 4.69) is 10.3 Å². The van der Waals surface area contributed by atoms with Crippen LogP contribution in [0.5, 0.6) is 0 Å². The summed E-state index contributed by atoms with van der Waals surface area (Å²) in [6.45, 7) is 0.150. The summed E-state index contributed by atoms with van der Waals surface area (Å²) in [5.74, 6) is -2.24. The molecule has 2 aromatic carbocycles. The molecule has 0 aliphatic heterocycles. The van der Waals surface area contributed by atoms with Crippen molar-refractivity contribution < 1.29 is 18.4 Å². The fraction of sp³-hybridized carbons (Fsp3) is 0.174. The summed E-state index contributed by atoms with van der Waals surface area (Å²) >= 11 is 0. The standard InChI is InChI=1S/C23H22F2N4O2/c1-29(22(30)13-18-19(24)3-2-4-20(18)25)14-21(26)15-5-7-16(8-6-15)23(31)28-17-9-11-27-12-10-17/h2-12,21H,13-14,26H2,1H3,(H,27,28,31). The zero-order valence-corrected chi connectivity index (χ0v) is 16.9. The maximum Gasteiger partial charge on any atom is 0.255 e. The van der Waals surface area contributed by atoms with Crippen LogP contribution in [0.15, 0.2) is 67.0 Å². The summed E-state index contributed by atoms with van der Waals surface area (Å²) in [5.41, 5.74) is 7.72. The molecule has 0 fully saturated rings. The molecule has 1 atom stereocenters. The highest BCUT2D eigenvalue weighted by Gasteiger charge is 2.19. The lowest BCUT2D eigenvalue weighted by Gasteiger charge is -2.22. The lowest BCUT2D eigenvalue weighted by atomic mass is 10.0. The van der Waals surface area contributed by atoms with Crippen molar-refractivity contribution >= 4 is 17.5 Å². The molecular formula is C23H22F2N4O2. The first-order chi connectivity index (χ1) is 14.8. The van der Waals surface area contributed by atoms with E-state index < -0.39 is 30.0 Å². The second-order valence-electron chi connectivity index (χ2n) is 7.07. The van der Waals surface area contributed by atoms with Crippen molar-refractivity contribution in [1.29, 1.82) is 0 Å². The highest BCUT2D eigenvalue weighted by Crippen LogP contribution is 2.17. The maximum atomic E-state index is 13.8. The average Bonchev–Trinajstić information content (AvgIpc) is 2.77. The van der Waals surface area contributed by atoms with E-state index in [-0.39, 0.29) is 18.0 Å². The van der Waals surface area contributed by atoms with Crippen molar-refractivity contribution in [3.05, 3.63) is 95.3 Å². The number of halogens is 2. The van der Waals surface area contributed by atoms with Crippen LogP contribution < -0.4 is 11.1 Å². The van der Waals surface area contributed by atoms with Crippen LogP contribution in [-0.2, 0) is 11.2 Å². The number of hydrogen-bond acceptors (Lipinski definition) is 4. The van der Waals surface area contributed by atoms with E-state index in [9.17, 15) is 18.4 Å². The minimum absolute atomic E-state index is 0.150. The summed E-state index contributed by atoms with van der Waals surface area (Å²) in [7, 11) is 1.53. The van der Waals surface area contributed by atoms with Gasteiger partial charge in [-0.2, -0.15) is 0 Å². The second-order valence-corrected chi connectivity index (χ2v) is 7.07. The lowest BCUT2D eigenvalue weighted by molar-refractivity contribution is -0.129.